The highest BCUT2D eigenvalue weighted by Crippen LogP contribution is 2.42. The second-order valence-electron chi connectivity index (χ2n) is 8.26. The number of aliphatic hydroxyl groups excluding tert-OH is 2. The molecule has 0 radical (unpaired) electrons. The van der Waals surface area contributed by atoms with Gasteiger partial charge in [-0.05, 0) is 44.4 Å². The lowest BCUT2D eigenvalue weighted by molar-refractivity contribution is -0.0328. The molecular formula is C23H28F5N3O4. The number of alkyl halides is 3. The van der Waals surface area contributed by atoms with E-state index in [4.69, 9.17) is 9.84 Å². The van der Waals surface area contributed by atoms with Gasteiger partial charge in [-0.2, -0.15) is 17.6 Å². The van der Waals surface area contributed by atoms with Gasteiger partial charge in [-0.15, -0.1) is 0 Å². The first-order valence-corrected chi connectivity index (χ1v) is 10.6. The summed E-state index contributed by atoms with van der Waals surface area (Å²) in [6, 6.07) is 5.59. The molecule has 0 aliphatic carbocycles. The molecule has 3 aromatic rings. The van der Waals surface area contributed by atoms with Gasteiger partial charge in [0.1, 0.15) is 23.5 Å². The van der Waals surface area contributed by atoms with Crippen molar-refractivity contribution in [2.75, 3.05) is 13.7 Å². The second-order valence-corrected chi connectivity index (χ2v) is 8.26. The third kappa shape index (κ3) is 7.33. The van der Waals surface area contributed by atoms with E-state index in [-0.39, 0.29) is 24.1 Å². The number of rotatable bonds is 4. The molecule has 35 heavy (non-hydrogen) atoms. The highest BCUT2D eigenvalue weighted by molar-refractivity contribution is 5.77. The van der Waals surface area contributed by atoms with Crippen molar-refractivity contribution in [1.29, 1.82) is 0 Å². The van der Waals surface area contributed by atoms with Gasteiger partial charge in [0.25, 0.3) is 0 Å². The Bertz CT molecular complexity index is 1090. The Kier molecular flexibility index (Phi) is 9.92. The number of aliphatic hydroxyl groups is 2. The topological polar surface area (TPSA) is 100 Å². The molecule has 3 N–H and O–H groups in total. The zero-order valence-corrected chi connectivity index (χ0v) is 19.6. The molecule has 0 bridgehead atoms. The third-order valence-corrected chi connectivity index (χ3v) is 5.58. The van der Waals surface area contributed by atoms with Crippen molar-refractivity contribution >= 4 is 11.0 Å². The molecule has 0 amide bonds. The summed E-state index contributed by atoms with van der Waals surface area (Å²) >= 11 is 0. The van der Waals surface area contributed by atoms with E-state index in [1.165, 1.54) is 19.2 Å². The highest BCUT2D eigenvalue weighted by atomic mass is 19.4. The number of hydrogen-bond acceptors (Lipinski definition) is 6. The number of hydrogen-bond donors (Lipinski definition) is 3. The largest absolute Gasteiger partial charge is 0.494 e. The first-order chi connectivity index (χ1) is 16.4. The lowest BCUT2D eigenvalue weighted by Gasteiger charge is -2.22. The average molecular weight is 505 g/mol. The minimum Gasteiger partial charge on any atom is -0.494 e. The molecule has 0 spiro atoms. The number of halogens is 5. The maximum atomic E-state index is 12.5. The van der Waals surface area contributed by atoms with Crippen LogP contribution in [-0.2, 0) is 4.74 Å². The Hall–Kier alpha value is -2.83. The molecular weight excluding hydrogens is 477 g/mol. The monoisotopic (exact) mass is 505 g/mol. The zero-order chi connectivity index (χ0) is 26.3. The van der Waals surface area contributed by atoms with Crippen LogP contribution in [0.2, 0.25) is 0 Å². The molecule has 2 unspecified atom stereocenters. The Labute approximate surface area is 198 Å². The Balaban J connectivity index is 0.000000257. The Morgan fingerprint density at radius 2 is 1.89 bits per heavy atom. The van der Waals surface area contributed by atoms with Crippen LogP contribution in [0, 0.1) is 17.6 Å². The number of nitrogens with one attached hydrogen (secondary N) is 1. The van der Waals surface area contributed by atoms with E-state index in [0.717, 1.165) is 23.8 Å². The van der Waals surface area contributed by atoms with E-state index in [2.05, 4.69) is 40.5 Å². The van der Waals surface area contributed by atoms with E-state index in [0.29, 0.717) is 17.1 Å². The number of benzene rings is 1. The lowest BCUT2D eigenvalue weighted by Crippen LogP contribution is -2.24. The van der Waals surface area contributed by atoms with Crippen LogP contribution >= 0.6 is 0 Å². The van der Waals surface area contributed by atoms with Crippen LogP contribution in [0.15, 0.2) is 30.5 Å². The molecule has 1 aromatic carbocycles. The van der Waals surface area contributed by atoms with Crippen molar-refractivity contribution in [1.82, 2.24) is 15.0 Å². The summed E-state index contributed by atoms with van der Waals surface area (Å²) in [7, 11) is 1.29. The minimum absolute atomic E-state index is 0.0694. The number of nitrogens with zero attached hydrogens (tertiary/aromatic N) is 2. The molecule has 1 aliphatic heterocycles. The van der Waals surface area contributed by atoms with E-state index >= 15 is 0 Å². The summed E-state index contributed by atoms with van der Waals surface area (Å²) in [5, 5.41) is 18.9. The summed E-state index contributed by atoms with van der Waals surface area (Å²) in [5.74, 6) is -0.706. The fourth-order valence-electron chi connectivity index (χ4n) is 3.40. The summed E-state index contributed by atoms with van der Waals surface area (Å²) < 4.78 is 64.4. The molecule has 2 aromatic heterocycles. The van der Waals surface area contributed by atoms with E-state index < -0.39 is 24.4 Å². The number of fused-ring (bicyclic) bond motifs is 1. The van der Waals surface area contributed by atoms with Crippen LogP contribution in [0.3, 0.4) is 0 Å². The van der Waals surface area contributed by atoms with Gasteiger partial charge in [0.15, 0.2) is 11.6 Å². The normalized spacial score (nSPS) is 19.5. The van der Waals surface area contributed by atoms with Crippen LogP contribution in [0.1, 0.15) is 50.9 Å². The van der Waals surface area contributed by atoms with Crippen molar-refractivity contribution in [2.45, 2.75) is 51.7 Å². The van der Waals surface area contributed by atoms with Crippen molar-refractivity contribution in [3.05, 3.63) is 53.6 Å². The van der Waals surface area contributed by atoms with E-state index in [1.54, 1.807) is 6.20 Å². The summed E-state index contributed by atoms with van der Waals surface area (Å²) in [6.45, 7) is 2.30. The molecule has 7 nitrogen and oxygen atoms in total. The molecule has 1 aliphatic rings. The standard InChI is InChI=1S/C15H21N3O3.C7H6F2O.CHF3/c1-8-6-11(21-15(8,2)3)14-17-9-4-5-16-13(10(20)7-19)12(9)18-14;1-10-6-4-2-3-5(8)7(6)9;2-1(3)4/h4-5,8,10-11,19-20H,6-7H2,1-3H3,(H,17,18);2-4H,1H3;1H/t8-,10?,11?;;/m0../s1. The molecule has 1 fully saturated rings. The van der Waals surface area contributed by atoms with Gasteiger partial charge in [0, 0.05) is 6.20 Å². The number of ether oxygens (including phenoxy) is 2. The fourth-order valence-corrected chi connectivity index (χ4v) is 3.40. The Morgan fingerprint density at radius 1 is 1.23 bits per heavy atom. The number of methoxy groups -OCH3 is 1. The molecule has 4 rings (SSSR count). The first-order valence-electron chi connectivity index (χ1n) is 10.6. The number of aromatic nitrogens is 3. The highest BCUT2D eigenvalue weighted by Gasteiger charge is 2.40. The van der Waals surface area contributed by atoms with Gasteiger partial charge in [-0.1, -0.05) is 13.0 Å². The molecule has 12 heteroatoms. The van der Waals surface area contributed by atoms with Crippen LogP contribution in [-0.4, -0.2) is 51.2 Å². The molecule has 3 atom stereocenters. The van der Waals surface area contributed by atoms with Gasteiger partial charge in [-0.3, -0.25) is 4.98 Å². The molecule has 0 saturated carbocycles. The third-order valence-electron chi connectivity index (χ3n) is 5.58. The smallest absolute Gasteiger partial charge is 0.379 e. The first kappa shape index (κ1) is 28.4. The van der Waals surface area contributed by atoms with Crippen LogP contribution < -0.4 is 4.74 Å². The molecule has 194 valence electrons. The van der Waals surface area contributed by atoms with Crippen LogP contribution in [0.25, 0.3) is 11.0 Å². The summed E-state index contributed by atoms with van der Waals surface area (Å²) in [6.07, 6.45) is 1.39. The van der Waals surface area contributed by atoms with Gasteiger partial charge in [0.05, 0.1) is 30.5 Å². The maximum absolute atomic E-state index is 12.5. The zero-order valence-electron chi connectivity index (χ0n) is 19.6. The van der Waals surface area contributed by atoms with Crippen LogP contribution in [0.5, 0.6) is 5.75 Å². The predicted octanol–water partition coefficient (Wildman–Crippen LogP) is 5.01. The maximum Gasteiger partial charge on any atom is 0.379 e. The van der Waals surface area contributed by atoms with Gasteiger partial charge in [-0.25, -0.2) is 9.37 Å². The molecule has 3 heterocycles. The Morgan fingerprint density at radius 3 is 2.40 bits per heavy atom. The summed E-state index contributed by atoms with van der Waals surface area (Å²) in [5.41, 5.74) is 1.61. The quantitative estimate of drug-likeness (QED) is 0.431. The fraction of sp³-hybridized carbons (Fsp3) is 0.478. The van der Waals surface area contributed by atoms with E-state index in [1.807, 2.05) is 6.07 Å². The number of H-pyrrole nitrogens is 1. The van der Waals surface area contributed by atoms with Crippen LogP contribution in [0.4, 0.5) is 22.0 Å². The van der Waals surface area contributed by atoms with E-state index in [9.17, 15) is 27.1 Å². The van der Waals surface area contributed by atoms with Gasteiger partial charge >= 0.3 is 6.68 Å². The van der Waals surface area contributed by atoms with Crippen molar-refractivity contribution < 1.29 is 41.6 Å². The number of aromatic amines is 1. The molecule has 1 saturated heterocycles. The van der Waals surface area contributed by atoms with Gasteiger partial charge < -0.3 is 24.7 Å². The second kappa shape index (κ2) is 12.2. The number of pyridine rings is 1. The lowest BCUT2D eigenvalue weighted by atomic mass is 9.92. The number of imidazole rings is 1. The van der Waals surface area contributed by atoms with Crippen molar-refractivity contribution in [2.24, 2.45) is 5.92 Å². The van der Waals surface area contributed by atoms with Crippen molar-refractivity contribution in [3.63, 3.8) is 0 Å². The predicted molar refractivity (Wildman–Crippen MR) is 118 cm³/mol. The van der Waals surface area contributed by atoms with Gasteiger partial charge in [0.2, 0.25) is 5.82 Å². The SMILES string of the molecule is COc1cccc(F)c1F.C[C@H]1CC(c2nc3c(C(O)CO)nccc3[nH]2)OC1(C)C.FC(F)F. The minimum atomic E-state index is -3.67. The van der Waals surface area contributed by atoms with Crippen molar-refractivity contribution in [3.8, 4) is 5.75 Å². The average Bonchev–Trinajstić information content (AvgIpc) is 3.35. The summed E-state index contributed by atoms with van der Waals surface area (Å²) in [4.78, 5) is 11.9.